The Balaban J connectivity index is 1.66. The van der Waals surface area contributed by atoms with Crippen molar-refractivity contribution in [3.63, 3.8) is 0 Å². The van der Waals surface area contributed by atoms with E-state index in [2.05, 4.69) is 20.4 Å². The lowest BCUT2D eigenvalue weighted by Gasteiger charge is -2.15. The van der Waals surface area contributed by atoms with Crippen molar-refractivity contribution in [3.8, 4) is 11.1 Å². The number of hydrogen-bond acceptors (Lipinski definition) is 5. The number of aromatic nitrogens is 3. The lowest BCUT2D eigenvalue weighted by atomic mass is 10.1. The molecule has 0 fully saturated rings. The van der Waals surface area contributed by atoms with Crippen LogP contribution in [0.1, 0.15) is 18.5 Å². The Morgan fingerprint density at radius 2 is 2.11 bits per heavy atom. The van der Waals surface area contributed by atoms with E-state index in [9.17, 15) is 9.18 Å². The minimum atomic E-state index is -0.575. The molecule has 2 N–H and O–H groups in total. The standard InChI is InChI=1S/C19H14ClFN4O2/c1-10(24-18-6-11(2-3-22-18)13-8-23-27-9-13)14-4-12-5-15(20)16(21)7-17(12)25-19(14)26/h2-10H,1H3,(H,22,24)(H,25,26). The topological polar surface area (TPSA) is 83.8 Å². The van der Waals surface area contributed by atoms with E-state index in [0.29, 0.717) is 22.3 Å². The van der Waals surface area contributed by atoms with Crippen molar-refractivity contribution in [2.24, 2.45) is 0 Å². The summed E-state index contributed by atoms with van der Waals surface area (Å²) in [5.41, 5.74) is 2.29. The highest BCUT2D eigenvalue weighted by molar-refractivity contribution is 6.31. The first kappa shape index (κ1) is 17.2. The van der Waals surface area contributed by atoms with E-state index in [1.54, 1.807) is 24.7 Å². The number of hydrogen-bond donors (Lipinski definition) is 2. The summed E-state index contributed by atoms with van der Waals surface area (Å²) >= 11 is 5.85. The van der Waals surface area contributed by atoms with Gasteiger partial charge >= 0.3 is 0 Å². The normalized spacial score (nSPS) is 12.3. The van der Waals surface area contributed by atoms with Gasteiger partial charge in [-0.05, 0) is 42.8 Å². The van der Waals surface area contributed by atoms with Crippen LogP contribution in [-0.2, 0) is 0 Å². The van der Waals surface area contributed by atoms with E-state index in [1.165, 1.54) is 12.1 Å². The van der Waals surface area contributed by atoms with Crippen molar-refractivity contribution in [2.75, 3.05) is 5.32 Å². The first-order chi connectivity index (χ1) is 13.0. The Labute approximate surface area is 158 Å². The molecule has 136 valence electrons. The zero-order valence-electron chi connectivity index (χ0n) is 14.2. The van der Waals surface area contributed by atoms with Gasteiger partial charge in [0.2, 0.25) is 0 Å². The molecule has 0 radical (unpaired) electrons. The van der Waals surface area contributed by atoms with E-state index in [4.69, 9.17) is 16.1 Å². The van der Waals surface area contributed by atoms with Crippen molar-refractivity contribution in [2.45, 2.75) is 13.0 Å². The van der Waals surface area contributed by atoms with E-state index < -0.39 is 5.82 Å². The molecular formula is C19H14ClFN4O2. The van der Waals surface area contributed by atoms with Gasteiger partial charge in [0.1, 0.15) is 17.9 Å². The fourth-order valence-corrected chi connectivity index (χ4v) is 3.05. The minimum Gasteiger partial charge on any atom is -0.364 e. The SMILES string of the molecule is CC(Nc1cc(-c2cnoc2)ccn1)c1cc2cc(Cl)c(F)cc2[nH]c1=O. The Morgan fingerprint density at radius 1 is 1.26 bits per heavy atom. The van der Waals surface area contributed by atoms with Gasteiger partial charge in [-0.25, -0.2) is 9.37 Å². The van der Waals surface area contributed by atoms with Gasteiger partial charge in [-0.2, -0.15) is 0 Å². The molecule has 0 saturated carbocycles. The highest BCUT2D eigenvalue weighted by Crippen LogP contribution is 2.25. The van der Waals surface area contributed by atoms with Crippen LogP contribution in [0.15, 0.2) is 58.3 Å². The number of anilines is 1. The second-order valence-electron chi connectivity index (χ2n) is 6.12. The van der Waals surface area contributed by atoms with Crippen LogP contribution in [0.5, 0.6) is 0 Å². The molecule has 27 heavy (non-hydrogen) atoms. The summed E-state index contributed by atoms with van der Waals surface area (Å²) in [7, 11) is 0. The van der Waals surface area contributed by atoms with Gasteiger partial charge in [-0.15, -0.1) is 0 Å². The summed E-state index contributed by atoms with van der Waals surface area (Å²) in [4.78, 5) is 19.4. The average Bonchev–Trinajstić information content (AvgIpc) is 3.17. The van der Waals surface area contributed by atoms with E-state index in [1.807, 2.05) is 19.1 Å². The molecule has 0 saturated heterocycles. The van der Waals surface area contributed by atoms with Gasteiger partial charge in [0.15, 0.2) is 0 Å². The summed E-state index contributed by atoms with van der Waals surface area (Å²) in [5, 5.41) is 7.55. The van der Waals surface area contributed by atoms with Crippen LogP contribution in [-0.4, -0.2) is 15.1 Å². The fourth-order valence-electron chi connectivity index (χ4n) is 2.88. The number of pyridine rings is 2. The van der Waals surface area contributed by atoms with E-state index in [-0.39, 0.29) is 16.6 Å². The maximum absolute atomic E-state index is 13.6. The molecule has 3 heterocycles. The summed E-state index contributed by atoms with van der Waals surface area (Å²) in [6.45, 7) is 1.84. The Bertz CT molecular complexity index is 1170. The largest absolute Gasteiger partial charge is 0.364 e. The third kappa shape index (κ3) is 3.41. The Kier molecular flexibility index (Phi) is 4.37. The lowest BCUT2D eigenvalue weighted by molar-refractivity contribution is 0.420. The first-order valence-corrected chi connectivity index (χ1v) is 8.53. The summed E-state index contributed by atoms with van der Waals surface area (Å²) in [6.07, 6.45) is 4.81. The zero-order valence-corrected chi connectivity index (χ0v) is 14.9. The van der Waals surface area contributed by atoms with Crippen molar-refractivity contribution in [1.29, 1.82) is 0 Å². The van der Waals surface area contributed by atoms with Gasteiger partial charge < -0.3 is 14.8 Å². The predicted octanol–water partition coefficient (Wildman–Crippen LogP) is 4.54. The maximum atomic E-state index is 13.6. The molecule has 0 aliphatic carbocycles. The lowest BCUT2D eigenvalue weighted by Crippen LogP contribution is -2.19. The number of H-pyrrole nitrogens is 1. The van der Waals surface area contributed by atoms with Gasteiger partial charge in [0.05, 0.1) is 22.8 Å². The first-order valence-electron chi connectivity index (χ1n) is 8.15. The number of rotatable bonds is 4. The van der Waals surface area contributed by atoms with Crippen LogP contribution in [0.4, 0.5) is 10.2 Å². The van der Waals surface area contributed by atoms with Gasteiger partial charge in [-0.3, -0.25) is 4.79 Å². The highest BCUT2D eigenvalue weighted by Gasteiger charge is 2.14. The molecule has 0 aliphatic heterocycles. The Morgan fingerprint density at radius 3 is 2.89 bits per heavy atom. The van der Waals surface area contributed by atoms with Crippen LogP contribution < -0.4 is 10.9 Å². The average molecular weight is 385 g/mol. The summed E-state index contributed by atoms with van der Waals surface area (Å²) in [5.74, 6) is 0.0197. The van der Waals surface area contributed by atoms with Crippen molar-refractivity contribution >= 4 is 28.3 Å². The number of nitrogens with one attached hydrogen (secondary N) is 2. The van der Waals surface area contributed by atoms with Crippen LogP contribution in [0.3, 0.4) is 0 Å². The smallest absolute Gasteiger partial charge is 0.253 e. The summed E-state index contributed by atoms with van der Waals surface area (Å²) < 4.78 is 18.5. The van der Waals surface area contributed by atoms with Gasteiger partial charge in [-0.1, -0.05) is 16.8 Å². The third-order valence-corrected chi connectivity index (χ3v) is 4.56. The van der Waals surface area contributed by atoms with Crippen LogP contribution in [0.2, 0.25) is 5.02 Å². The van der Waals surface area contributed by atoms with E-state index >= 15 is 0 Å². The van der Waals surface area contributed by atoms with Crippen molar-refractivity contribution < 1.29 is 8.91 Å². The molecule has 3 aromatic heterocycles. The number of nitrogens with zero attached hydrogens (tertiary/aromatic N) is 2. The van der Waals surface area contributed by atoms with Crippen LogP contribution in [0.25, 0.3) is 22.0 Å². The molecule has 1 aromatic carbocycles. The molecule has 4 aromatic rings. The van der Waals surface area contributed by atoms with Gasteiger partial charge in [0, 0.05) is 22.7 Å². The molecule has 0 bridgehead atoms. The maximum Gasteiger partial charge on any atom is 0.253 e. The van der Waals surface area contributed by atoms with Crippen LogP contribution in [0, 0.1) is 5.82 Å². The molecule has 0 amide bonds. The van der Waals surface area contributed by atoms with Crippen LogP contribution >= 0.6 is 11.6 Å². The molecule has 0 spiro atoms. The minimum absolute atomic E-state index is 0.00389. The molecule has 8 heteroatoms. The second kappa shape index (κ2) is 6.85. The number of aromatic amines is 1. The predicted molar refractivity (Wildman–Crippen MR) is 101 cm³/mol. The number of halogens is 2. The quantitative estimate of drug-likeness (QED) is 0.539. The molecule has 6 nitrogen and oxygen atoms in total. The molecule has 1 unspecified atom stereocenters. The third-order valence-electron chi connectivity index (χ3n) is 4.27. The van der Waals surface area contributed by atoms with E-state index in [0.717, 1.165) is 11.1 Å². The molecule has 1 atom stereocenters. The summed E-state index contributed by atoms with van der Waals surface area (Å²) in [6, 6.07) is 7.73. The highest BCUT2D eigenvalue weighted by atomic mass is 35.5. The molecule has 4 rings (SSSR count). The van der Waals surface area contributed by atoms with Crippen molar-refractivity contribution in [1.82, 2.24) is 15.1 Å². The Hall–Kier alpha value is -3.19. The zero-order chi connectivity index (χ0) is 19.0. The molecule has 0 aliphatic rings. The van der Waals surface area contributed by atoms with Gasteiger partial charge in [0.25, 0.3) is 5.56 Å². The fraction of sp³-hybridized carbons (Fsp3) is 0.105. The molecular weight excluding hydrogens is 371 g/mol. The monoisotopic (exact) mass is 384 g/mol. The second-order valence-corrected chi connectivity index (χ2v) is 6.52. The van der Waals surface area contributed by atoms with Crippen molar-refractivity contribution in [3.05, 3.63) is 75.7 Å². The number of fused-ring (bicyclic) bond motifs is 1. The number of benzene rings is 1.